The largest absolute Gasteiger partial charge is 0.464 e. The van der Waals surface area contributed by atoms with E-state index in [4.69, 9.17) is 13.7 Å². The maximum absolute atomic E-state index is 12.4. The minimum absolute atomic E-state index is 0.133. The van der Waals surface area contributed by atoms with Gasteiger partial charge in [-0.1, -0.05) is 5.16 Å². The normalized spacial score (nSPS) is 10.6. The summed E-state index contributed by atoms with van der Waals surface area (Å²) in [5.41, 5.74) is 1.86. The molecule has 0 aliphatic rings. The second kappa shape index (κ2) is 6.53. The van der Waals surface area contributed by atoms with E-state index >= 15 is 0 Å². The molecule has 8 nitrogen and oxygen atoms in total. The Morgan fingerprint density at radius 2 is 2.00 bits per heavy atom. The van der Waals surface area contributed by atoms with E-state index < -0.39 is 5.91 Å². The number of hydrogen-bond acceptors (Lipinski definition) is 7. The molecule has 0 aliphatic heterocycles. The minimum atomic E-state index is -0.421. The fourth-order valence-electron chi connectivity index (χ4n) is 2.15. The summed E-state index contributed by atoms with van der Waals surface area (Å²) in [4.78, 5) is 20.8. The van der Waals surface area contributed by atoms with Crippen LogP contribution in [0.4, 0.5) is 5.69 Å². The van der Waals surface area contributed by atoms with Gasteiger partial charge in [-0.25, -0.2) is 0 Å². The Hall–Kier alpha value is -3.16. The zero-order valence-corrected chi connectivity index (χ0v) is 13.5. The second-order valence-corrected chi connectivity index (χ2v) is 4.99. The number of carbonyl (C=O) groups is 1. The van der Waals surface area contributed by atoms with Crippen LogP contribution in [0.3, 0.4) is 0 Å². The summed E-state index contributed by atoms with van der Waals surface area (Å²) in [6.07, 6.45) is 1.52. The van der Waals surface area contributed by atoms with Crippen LogP contribution >= 0.6 is 0 Å². The molecule has 0 unspecified atom stereocenters. The molecule has 0 bridgehead atoms. The van der Waals surface area contributed by atoms with Crippen molar-refractivity contribution in [2.24, 2.45) is 0 Å². The highest BCUT2D eigenvalue weighted by Gasteiger charge is 2.18. The number of amides is 1. The Labute approximate surface area is 137 Å². The van der Waals surface area contributed by atoms with E-state index in [-0.39, 0.29) is 11.7 Å². The molecule has 3 aromatic rings. The lowest BCUT2D eigenvalue weighted by molar-refractivity contribution is 0.101. The van der Waals surface area contributed by atoms with Crippen LogP contribution in [-0.2, 0) is 0 Å². The average Bonchev–Trinajstić information content (AvgIpc) is 3.21. The molecule has 124 valence electrons. The van der Waals surface area contributed by atoms with Crippen molar-refractivity contribution in [1.29, 1.82) is 0 Å². The summed E-state index contributed by atoms with van der Waals surface area (Å²) >= 11 is 0. The van der Waals surface area contributed by atoms with Crippen molar-refractivity contribution in [3.8, 4) is 17.5 Å². The molecular weight excluding hydrogens is 312 g/mol. The van der Waals surface area contributed by atoms with Gasteiger partial charge in [0, 0.05) is 6.07 Å². The summed E-state index contributed by atoms with van der Waals surface area (Å²) in [6.45, 7) is 5.86. The highest BCUT2D eigenvalue weighted by atomic mass is 16.5. The molecule has 24 heavy (non-hydrogen) atoms. The summed E-state index contributed by atoms with van der Waals surface area (Å²) in [5.74, 6) is 0.454. The van der Waals surface area contributed by atoms with E-state index in [9.17, 15) is 4.79 Å². The molecule has 0 radical (unpaired) electrons. The van der Waals surface area contributed by atoms with E-state index in [0.717, 1.165) is 0 Å². The van der Waals surface area contributed by atoms with Crippen molar-refractivity contribution in [2.45, 2.75) is 20.8 Å². The van der Waals surface area contributed by atoms with E-state index in [0.29, 0.717) is 35.2 Å². The van der Waals surface area contributed by atoms with Gasteiger partial charge in [0.15, 0.2) is 11.5 Å². The van der Waals surface area contributed by atoms with Crippen LogP contribution in [-0.4, -0.2) is 27.6 Å². The van der Waals surface area contributed by atoms with Crippen LogP contribution in [0.15, 0.2) is 33.4 Å². The number of carbonyl (C=O) groups excluding carboxylic acids is 1. The van der Waals surface area contributed by atoms with Crippen molar-refractivity contribution in [3.05, 3.63) is 41.5 Å². The van der Waals surface area contributed by atoms with Crippen LogP contribution in [0, 0.1) is 13.8 Å². The third-order valence-corrected chi connectivity index (χ3v) is 3.27. The smallest absolute Gasteiger partial charge is 0.316 e. The monoisotopic (exact) mass is 328 g/mol. The Kier molecular flexibility index (Phi) is 4.28. The minimum Gasteiger partial charge on any atom is -0.464 e. The number of rotatable bonds is 5. The quantitative estimate of drug-likeness (QED) is 0.767. The van der Waals surface area contributed by atoms with Crippen LogP contribution in [0.1, 0.15) is 28.8 Å². The second-order valence-electron chi connectivity index (χ2n) is 4.99. The molecule has 3 rings (SSSR count). The number of hydrogen-bond donors (Lipinski definition) is 1. The lowest BCUT2D eigenvalue weighted by Gasteiger charge is -2.11. The first-order chi connectivity index (χ1) is 11.6. The summed E-state index contributed by atoms with van der Waals surface area (Å²) in [6, 6.07) is 5.24. The van der Waals surface area contributed by atoms with Gasteiger partial charge in [-0.15, -0.1) is 0 Å². The van der Waals surface area contributed by atoms with Gasteiger partial charge in [-0.2, -0.15) is 9.97 Å². The van der Waals surface area contributed by atoms with E-state index in [1.54, 1.807) is 26.0 Å². The fourth-order valence-corrected chi connectivity index (χ4v) is 2.15. The number of aryl methyl sites for hydroxylation is 2. The zero-order chi connectivity index (χ0) is 17.1. The van der Waals surface area contributed by atoms with Crippen molar-refractivity contribution in [1.82, 2.24) is 15.1 Å². The molecule has 1 amide bonds. The van der Waals surface area contributed by atoms with E-state index in [1.807, 2.05) is 6.92 Å². The molecule has 3 heterocycles. The first kappa shape index (κ1) is 15.7. The number of ether oxygens (including phenoxy) is 1. The SMILES string of the molecule is CCOc1nc(C)c(NC(=O)c2cc(-c3ccco3)on2)c(C)n1. The third kappa shape index (κ3) is 3.12. The van der Waals surface area contributed by atoms with Gasteiger partial charge >= 0.3 is 6.01 Å². The van der Waals surface area contributed by atoms with E-state index in [2.05, 4.69) is 20.4 Å². The maximum Gasteiger partial charge on any atom is 0.316 e. The van der Waals surface area contributed by atoms with Crippen molar-refractivity contribution < 1.29 is 18.5 Å². The van der Waals surface area contributed by atoms with Gasteiger partial charge < -0.3 is 19.0 Å². The molecule has 0 aromatic carbocycles. The molecular formula is C16H16N4O4. The van der Waals surface area contributed by atoms with Crippen LogP contribution in [0.25, 0.3) is 11.5 Å². The highest BCUT2D eigenvalue weighted by molar-refractivity contribution is 6.03. The predicted molar refractivity (Wildman–Crippen MR) is 84.8 cm³/mol. The first-order valence-corrected chi connectivity index (χ1v) is 7.38. The van der Waals surface area contributed by atoms with Gasteiger partial charge in [-0.3, -0.25) is 4.79 Å². The number of nitrogens with zero attached hydrogens (tertiary/aromatic N) is 3. The van der Waals surface area contributed by atoms with Crippen molar-refractivity contribution >= 4 is 11.6 Å². The Morgan fingerprint density at radius 3 is 2.62 bits per heavy atom. The number of anilines is 1. The molecule has 1 N–H and O–H groups in total. The van der Waals surface area contributed by atoms with Gasteiger partial charge in [0.05, 0.1) is 29.9 Å². The van der Waals surface area contributed by atoms with Crippen molar-refractivity contribution in [2.75, 3.05) is 11.9 Å². The average molecular weight is 328 g/mol. The number of nitrogens with one attached hydrogen (secondary N) is 1. The highest BCUT2D eigenvalue weighted by Crippen LogP contribution is 2.23. The molecule has 0 fully saturated rings. The maximum atomic E-state index is 12.4. The summed E-state index contributed by atoms with van der Waals surface area (Å²) in [7, 11) is 0. The van der Waals surface area contributed by atoms with E-state index in [1.165, 1.54) is 12.3 Å². The van der Waals surface area contributed by atoms with Crippen LogP contribution in [0.5, 0.6) is 6.01 Å². The number of aromatic nitrogens is 3. The first-order valence-electron chi connectivity index (χ1n) is 7.38. The van der Waals surface area contributed by atoms with Gasteiger partial charge in [0.25, 0.3) is 5.91 Å². The molecule has 0 aliphatic carbocycles. The molecule has 0 saturated heterocycles. The molecule has 0 saturated carbocycles. The fraction of sp³-hybridized carbons (Fsp3) is 0.250. The molecule has 8 heteroatoms. The molecule has 0 spiro atoms. The Morgan fingerprint density at radius 1 is 1.25 bits per heavy atom. The van der Waals surface area contributed by atoms with Crippen molar-refractivity contribution in [3.63, 3.8) is 0 Å². The number of furan rings is 1. The lowest BCUT2D eigenvalue weighted by atomic mass is 10.2. The Bertz CT molecular complexity index is 832. The Balaban J connectivity index is 1.80. The topological polar surface area (TPSA) is 103 Å². The summed E-state index contributed by atoms with van der Waals surface area (Å²) in [5, 5.41) is 6.51. The predicted octanol–water partition coefficient (Wildman–Crippen LogP) is 2.99. The zero-order valence-electron chi connectivity index (χ0n) is 13.5. The molecule has 3 aromatic heterocycles. The lowest BCUT2D eigenvalue weighted by Crippen LogP contribution is -2.15. The third-order valence-electron chi connectivity index (χ3n) is 3.27. The van der Waals surface area contributed by atoms with Crippen LogP contribution in [0.2, 0.25) is 0 Å². The molecule has 0 atom stereocenters. The van der Waals surface area contributed by atoms with Crippen LogP contribution < -0.4 is 10.1 Å². The van der Waals surface area contributed by atoms with Gasteiger partial charge in [0.2, 0.25) is 5.76 Å². The standard InChI is InChI=1S/C16H16N4O4/c1-4-22-16-17-9(2)14(10(3)18-16)19-15(21)11-8-13(24-20-11)12-6-5-7-23-12/h5-8H,4H2,1-3H3,(H,19,21). The van der Waals surface area contributed by atoms with Gasteiger partial charge in [0.1, 0.15) is 0 Å². The summed E-state index contributed by atoms with van der Waals surface area (Å²) < 4.78 is 15.6. The van der Waals surface area contributed by atoms with Gasteiger partial charge in [-0.05, 0) is 32.9 Å².